The Hall–Kier alpha value is -1.49. The summed E-state index contributed by atoms with van der Waals surface area (Å²) in [5.41, 5.74) is 0. The summed E-state index contributed by atoms with van der Waals surface area (Å²) >= 11 is 0. The van der Waals surface area contributed by atoms with Crippen molar-refractivity contribution in [3.63, 3.8) is 0 Å². The highest BCUT2D eigenvalue weighted by molar-refractivity contribution is 5.74. The zero-order chi connectivity index (χ0) is 13.9. The SMILES string of the molecule is O=C(NCC1CC1)N1CCCC1CC(O)c1ccco1. The number of nitrogens with one attached hydrogen (secondary N) is 1. The molecule has 110 valence electrons. The topological polar surface area (TPSA) is 65.7 Å². The Bertz CT molecular complexity index is 442. The molecule has 2 amide bonds. The first-order chi connectivity index (χ1) is 9.74. The van der Waals surface area contributed by atoms with Crippen molar-refractivity contribution in [2.75, 3.05) is 13.1 Å². The molecule has 20 heavy (non-hydrogen) atoms. The van der Waals surface area contributed by atoms with Crippen molar-refractivity contribution in [1.82, 2.24) is 10.2 Å². The molecule has 1 aliphatic heterocycles. The van der Waals surface area contributed by atoms with Crippen molar-refractivity contribution in [2.45, 2.75) is 44.2 Å². The van der Waals surface area contributed by atoms with Crippen LogP contribution in [0.5, 0.6) is 0 Å². The van der Waals surface area contributed by atoms with Crippen LogP contribution in [0.25, 0.3) is 0 Å². The number of carbonyl (C=O) groups excluding carboxylic acids is 1. The van der Waals surface area contributed by atoms with Crippen LogP contribution < -0.4 is 5.32 Å². The zero-order valence-electron chi connectivity index (χ0n) is 11.6. The van der Waals surface area contributed by atoms with Crippen LogP contribution in [0.15, 0.2) is 22.8 Å². The van der Waals surface area contributed by atoms with Crippen LogP contribution in [0, 0.1) is 5.92 Å². The van der Waals surface area contributed by atoms with Gasteiger partial charge < -0.3 is 19.7 Å². The maximum Gasteiger partial charge on any atom is 0.317 e. The molecule has 3 rings (SSSR count). The summed E-state index contributed by atoms with van der Waals surface area (Å²) in [6.45, 7) is 1.58. The van der Waals surface area contributed by atoms with Gasteiger partial charge in [0.15, 0.2) is 0 Å². The normalized spacial score (nSPS) is 23.9. The van der Waals surface area contributed by atoms with E-state index in [9.17, 15) is 9.90 Å². The second kappa shape index (κ2) is 5.87. The molecule has 2 aliphatic rings. The van der Waals surface area contributed by atoms with E-state index in [-0.39, 0.29) is 12.1 Å². The minimum atomic E-state index is -0.633. The third-order valence-electron chi connectivity index (χ3n) is 4.24. The summed E-state index contributed by atoms with van der Waals surface area (Å²) < 4.78 is 5.22. The fraction of sp³-hybridized carbons (Fsp3) is 0.667. The van der Waals surface area contributed by atoms with Crippen LogP contribution in [0.2, 0.25) is 0 Å². The summed E-state index contributed by atoms with van der Waals surface area (Å²) in [6.07, 6.45) is 5.91. The van der Waals surface area contributed by atoms with Crippen molar-refractivity contribution in [3.05, 3.63) is 24.2 Å². The fourth-order valence-corrected chi connectivity index (χ4v) is 2.86. The molecule has 5 nitrogen and oxygen atoms in total. The monoisotopic (exact) mass is 278 g/mol. The molecule has 0 spiro atoms. The molecule has 1 saturated heterocycles. The van der Waals surface area contributed by atoms with Crippen molar-refractivity contribution in [1.29, 1.82) is 0 Å². The van der Waals surface area contributed by atoms with Crippen molar-refractivity contribution >= 4 is 6.03 Å². The largest absolute Gasteiger partial charge is 0.467 e. The van der Waals surface area contributed by atoms with Crippen molar-refractivity contribution in [2.24, 2.45) is 5.92 Å². The maximum atomic E-state index is 12.2. The van der Waals surface area contributed by atoms with E-state index in [1.54, 1.807) is 18.4 Å². The average molecular weight is 278 g/mol. The molecule has 2 N–H and O–H groups in total. The Morgan fingerprint density at radius 3 is 3.05 bits per heavy atom. The average Bonchev–Trinajstić information content (AvgIpc) is 2.93. The second-order valence-corrected chi connectivity index (χ2v) is 5.89. The molecule has 1 aromatic heterocycles. The molecule has 0 aromatic carbocycles. The van der Waals surface area contributed by atoms with Gasteiger partial charge in [-0.05, 0) is 43.7 Å². The lowest BCUT2D eigenvalue weighted by Crippen LogP contribution is -2.43. The summed E-state index contributed by atoms with van der Waals surface area (Å²) in [4.78, 5) is 14.0. The Morgan fingerprint density at radius 2 is 2.35 bits per heavy atom. The Labute approximate surface area is 118 Å². The number of hydrogen-bond donors (Lipinski definition) is 2. The minimum absolute atomic E-state index is 0.0195. The van der Waals surface area contributed by atoms with E-state index in [2.05, 4.69) is 5.32 Å². The number of hydrogen-bond acceptors (Lipinski definition) is 3. The minimum Gasteiger partial charge on any atom is -0.467 e. The van der Waals surface area contributed by atoms with Crippen LogP contribution in [-0.4, -0.2) is 35.2 Å². The van der Waals surface area contributed by atoms with E-state index in [1.807, 2.05) is 4.90 Å². The molecular formula is C15H22N2O3. The van der Waals surface area contributed by atoms with Gasteiger partial charge in [0.05, 0.1) is 6.26 Å². The van der Waals surface area contributed by atoms with Gasteiger partial charge in [-0.25, -0.2) is 4.79 Å². The van der Waals surface area contributed by atoms with Gasteiger partial charge in [0.2, 0.25) is 0 Å². The number of rotatable bonds is 5. The summed E-state index contributed by atoms with van der Waals surface area (Å²) in [6, 6.07) is 3.67. The van der Waals surface area contributed by atoms with E-state index in [4.69, 9.17) is 4.42 Å². The van der Waals surface area contributed by atoms with Gasteiger partial charge in [0.25, 0.3) is 0 Å². The molecule has 1 aliphatic carbocycles. The van der Waals surface area contributed by atoms with Crippen LogP contribution in [0.4, 0.5) is 4.79 Å². The first-order valence-electron chi connectivity index (χ1n) is 7.50. The Morgan fingerprint density at radius 1 is 1.50 bits per heavy atom. The van der Waals surface area contributed by atoms with E-state index in [0.717, 1.165) is 25.9 Å². The quantitative estimate of drug-likeness (QED) is 0.868. The lowest BCUT2D eigenvalue weighted by molar-refractivity contribution is 0.108. The van der Waals surface area contributed by atoms with E-state index in [0.29, 0.717) is 18.1 Å². The van der Waals surface area contributed by atoms with Gasteiger partial charge in [0, 0.05) is 25.6 Å². The Balaban J connectivity index is 1.53. The number of nitrogens with zero attached hydrogens (tertiary/aromatic N) is 1. The number of amides is 2. The van der Waals surface area contributed by atoms with Crippen molar-refractivity contribution in [3.8, 4) is 0 Å². The van der Waals surface area contributed by atoms with E-state index < -0.39 is 6.10 Å². The summed E-state index contributed by atoms with van der Waals surface area (Å²) in [7, 11) is 0. The van der Waals surface area contributed by atoms with Gasteiger partial charge in [0.1, 0.15) is 11.9 Å². The summed E-state index contributed by atoms with van der Waals surface area (Å²) in [5, 5.41) is 13.2. The lowest BCUT2D eigenvalue weighted by Gasteiger charge is -2.26. The van der Waals surface area contributed by atoms with Gasteiger partial charge >= 0.3 is 6.03 Å². The summed E-state index contributed by atoms with van der Waals surface area (Å²) in [5.74, 6) is 1.27. The molecule has 1 saturated carbocycles. The molecule has 2 fully saturated rings. The number of likely N-dealkylation sites (tertiary alicyclic amines) is 1. The highest BCUT2D eigenvalue weighted by atomic mass is 16.4. The third kappa shape index (κ3) is 3.15. The first-order valence-corrected chi connectivity index (χ1v) is 7.50. The van der Waals surface area contributed by atoms with Crippen LogP contribution in [0.1, 0.15) is 44.0 Å². The smallest absolute Gasteiger partial charge is 0.317 e. The number of carbonyl (C=O) groups is 1. The molecule has 0 radical (unpaired) electrons. The second-order valence-electron chi connectivity index (χ2n) is 5.89. The Kier molecular flexibility index (Phi) is 3.96. The standard InChI is InChI=1S/C15H22N2O3/c18-13(14-4-2-8-20-14)9-12-3-1-7-17(12)15(19)16-10-11-5-6-11/h2,4,8,11-13,18H,1,3,5-7,9-10H2,(H,16,19). The maximum absolute atomic E-state index is 12.2. The van der Waals surface area contributed by atoms with Gasteiger partial charge in [-0.1, -0.05) is 0 Å². The van der Waals surface area contributed by atoms with Gasteiger partial charge in [-0.2, -0.15) is 0 Å². The number of aliphatic hydroxyl groups excluding tert-OH is 1. The highest BCUT2D eigenvalue weighted by Gasteiger charge is 2.32. The number of urea groups is 1. The first kappa shape index (κ1) is 13.5. The predicted octanol–water partition coefficient (Wildman–Crippen LogP) is 2.29. The molecule has 1 aromatic rings. The van der Waals surface area contributed by atoms with Crippen LogP contribution >= 0.6 is 0 Å². The molecule has 2 atom stereocenters. The highest BCUT2D eigenvalue weighted by Crippen LogP contribution is 2.29. The van der Waals surface area contributed by atoms with Crippen LogP contribution in [-0.2, 0) is 0 Å². The zero-order valence-corrected chi connectivity index (χ0v) is 11.6. The fourth-order valence-electron chi connectivity index (χ4n) is 2.86. The number of aliphatic hydroxyl groups is 1. The molecule has 2 heterocycles. The molecule has 2 unspecified atom stereocenters. The van der Waals surface area contributed by atoms with Crippen LogP contribution in [0.3, 0.4) is 0 Å². The molecule has 0 bridgehead atoms. The predicted molar refractivity (Wildman–Crippen MR) is 74.1 cm³/mol. The van der Waals surface area contributed by atoms with E-state index >= 15 is 0 Å². The van der Waals surface area contributed by atoms with Gasteiger partial charge in [-0.3, -0.25) is 0 Å². The van der Waals surface area contributed by atoms with Crippen molar-refractivity contribution < 1.29 is 14.3 Å². The molecule has 5 heteroatoms. The van der Waals surface area contributed by atoms with E-state index in [1.165, 1.54) is 12.8 Å². The van der Waals surface area contributed by atoms with Gasteiger partial charge in [-0.15, -0.1) is 0 Å². The number of furan rings is 1. The third-order valence-corrected chi connectivity index (χ3v) is 4.24. The molecular weight excluding hydrogens is 256 g/mol. The lowest BCUT2D eigenvalue weighted by atomic mass is 10.1.